The SMILES string of the molecule is CCOc1ccccc1NC(=O)CC1C(=O)Nc2ccccc2N1S(=O)(=O)c1ccc(F)cc1. The van der Waals surface area contributed by atoms with E-state index >= 15 is 0 Å². The molecule has 0 saturated heterocycles. The van der Waals surface area contributed by atoms with Crippen molar-refractivity contribution in [1.82, 2.24) is 0 Å². The average Bonchev–Trinajstić information content (AvgIpc) is 2.81. The molecule has 1 atom stereocenters. The number of carbonyl (C=O) groups is 2. The molecule has 0 spiro atoms. The third kappa shape index (κ3) is 4.58. The van der Waals surface area contributed by atoms with Crippen LogP contribution in [0.3, 0.4) is 0 Å². The Morgan fingerprint density at radius 3 is 2.47 bits per heavy atom. The Kier molecular flexibility index (Phi) is 6.51. The lowest BCUT2D eigenvalue weighted by Gasteiger charge is -2.36. The van der Waals surface area contributed by atoms with E-state index in [1.165, 1.54) is 6.07 Å². The number of fused-ring (bicyclic) bond motifs is 1. The molecule has 3 aromatic rings. The molecule has 1 aliphatic rings. The van der Waals surface area contributed by atoms with Gasteiger partial charge in [-0.15, -0.1) is 0 Å². The largest absolute Gasteiger partial charge is 0.492 e. The molecule has 0 aliphatic carbocycles. The Hall–Kier alpha value is -3.92. The first-order valence-corrected chi connectivity index (χ1v) is 12.0. The van der Waals surface area contributed by atoms with Gasteiger partial charge in [0.1, 0.15) is 17.6 Å². The van der Waals surface area contributed by atoms with Gasteiger partial charge in [0.2, 0.25) is 11.8 Å². The zero-order valence-corrected chi connectivity index (χ0v) is 19.0. The van der Waals surface area contributed by atoms with Crippen LogP contribution in [0, 0.1) is 5.82 Å². The molecule has 8 nitrogen and oxygen atoms in total. The van der Waals surface area contributed by atoms with Crippen LogP contribution in [-0.4, -0.2) is 32.9 Å². The molecule has 34 heavy (non-hydrogen) atoms. The molecule has 1 heterocycles. The minimum absolute atomic E-state index is 0.203. The number of nitrogens with one attached hydrogen (secondary N) is 2. The number of amides is 2. The van der Waals surface area contributed by atoms with Crippen molar-refractivity contribution in [2.45, 2.75) is 24.3 Å². The van der Waals surface area contributed by atoms with Crippen molar-refractivity contribution in [1.29, 1.82) is 0 Å². The maximum absolute atomic E-state index is 13.6. The van der Waals surface area contributed by atoms with E-state index in [1.54, 1.807) is 49.4 Å². The summed E-state index contributed by atoms with van der Waals surface area (Å²) in [4.78, 5) is 25.7. The molecule has 3 aromatic carbocycles. The third-order valence-corrected chi connectivity index (χ3v) is 7.03. The Labute approximate surface area is 196 Å². The summed E-state index contributed by atoms with van der Waals surface area (Å²) >= 11 is 0. The van der Waals surface area contributed by atoms with E-state index in [0.717, 1.165) is 28.6 Å². The highest BCUT2D eigenvalue weighted by molar-refractivity contribution is 7.93. The maximum atomic E-state index is 13.6. The van der Waals surface area contributed by atoms with E-state index in [0.29, 0.717) is 18.0 Å². The number of carbonyl (C=O) groups excluding carboxylic acids is 2. The van der Waals surface area contributed by atoms with Crippen molar-refractivity contribution in [3.8, 4) is 5.75 Å². The molecular weight excluding hydrogens is 461 g/mol. The summed E-state index contributed by atoms with van der Waals surface area (Å²) in [5, 5.41) is 5.36. The number of benzene rings is 3. The molecule has 0 radical (unpaired) electrons. The summed E-state index contributed by atoms with van der Waals surface area (Å²) in [5.41, 5.74) is 0.898. The van der Waals surface area contributed by atoms with Crippen molar-refractivity contribution in [2.75, 3.05) is 21.5 Å². The van der Waals surface area contributed by atoms with Gasteiger partial charge in [-0.05, 0) is 55.5 Å². The molecule has 0 bridgehead atoms. The minimum atomic E-state index is -4.31. The topological polar surface area (TPSA) is 105 Å². The van der Waals surface area contributed by atoms with Crippen LogP contribution in [0.4, 0.5) is 21.5 Å². The summed E-state index contributed by atoms with van der Waals surface area (Å²) in [6, 6.07) is 16.1. The van der Waals surface area contributed by atoms with Gasteiger partial charge >= 0.3 is 0 Å². The summed E-state index contributed by atoms with van der Waals surface area (Å²) in [7, 11) is -4.31. The fraction of sp³-hybridized carbons (Fsp3) is 0.167. The molecule has 0 fully saturated rings. The first-order chi connectivity index (χ1) is 16.3. The van der Waals surface area contributed by atoms with Crippen LogP contribution in [0.5, 0.6) is 5.75 Å². The second-order valence-electron chi connectivity index (χ2n) is 7.46. The maximum Gasteiger partial charge on any atom is 0.265 e. The highest BCUT2D eigenvalue weighted by atomic mass is 32.2. The first kappa shape index (κ1) is 23.2. The Morgan fingerprint density at radius 2 is 1.74 bits per heavy atom. The van der Waals surface area contributed by atoms with Gasteiger partial charge in [0, 0.05) is 0 Å². The Balaban J connectivity index is 1.70. The van der Waals surface area contributed by atoms with Crippen LogP contribution >= 0.6 is 0 Å². The molecule has 176 valence electrons. The molecule has 1 unspecified atom stereocenters. The molecule has 2 N–H and O–H groups in total. The molecular formula is C24H22FN3O5S. The van der Waals surface area contributed by atoms with E-state index in [9.17, 15) is 22.4 Å². The lowest BCUT2D eigenvalue weighted by molar-refractivity contribution is -0.122. The number of hydrogen-bond donors (Lipinski definition) is 2. The van der Waals surface area contributed by atoms with E-state index < -0.39 is 40.1 Å². The van der Waals surface area contributed by atoms with Crippen molar-refractivity contribution < 1.29 is 27.1 Å². The molecule has 1 aliphatic heterocycles. The number of halogens is 1. The van der Waals surface area contributed by atoms with Crippen molar-refractivity contribution in [3.05, 3.63) is 78.6 Å². The number of anilines is 3. The van der Waals surface area contributed by atoms with Crippen LogP contribution in [0.25, 0.3) is 0 Å². The summed E-state index contributed by atoms with van der Waals surface area (Å²) < 4.78 is 47.0. The lowest BCUT2D eigenvalue weighted by Crippen LogP contribution is -2.52. The number of sulfonamides is 1. The van der Waals surface area contributed by atoms with Crippen molar-refractivity contribution in [3.63, 3.8) is 0 Å². The molecule has 4 rings (SSSR count). The fourth-order valence-electron chi connectivity index (χ4n) is 3.68. The van der Waals surface area contributed by atoms with Gasteiger partial charge < -0.3 is 15.4 Å². The second kappa shape index (κ2) is 9.52. The monoisotopic (exact) mass is 483 g/mol. The molecule has 0 saturated carbocycles. The molecule has 0 aromatic heterocycles. The first-order valence-electron chi connectivity index (χ1n) is 10.5. The van der Waals surface area contributed by atoms with Crippen LogP contribution < -0.4 is 19.7 Å². The predicted octanol–water partition coefficient (Wildman–Crippen LogP) is 3.77. The summed E-state index contributed by atoms with van der Waals surface area (Å²) in [5.74, 6) is -1.38. The summed E-state index contributed by atoms with van der Waals surface area (Å²) in [6.45, 7) is 2.19. The Bertz CT molecular complexity index is 1330. The summed E-state index contributed by atoms with van der Waals surface area (Å²) in [6.07, 6.45) is -0.457. The second-order valence-corrected chi connectivity index (χ2v) is 9.27. The number of rotatable bonds is 7. The van der Waals surface area contributed by atoms with E-state index in [4.69, 9.17) is 4.74 Å². The Morgan fingerprint density at radius 1 is 1.06 bits per heavy atom. The van der Waals surface area contributed by atoms with Gasteiger partial charge in [0.15, 0.2) is 0 Å². The van der Waals surface area contributed by atoms with Gasteiger partial charge in [-0.25, -0.2) is 12.8 Å². The fourth-order valence-corrected chi connectivity index (χ4v) is 5.31. The number of nitrogens with zero attached hydrogens (tertiary/aromatic N) is 1. The van der Waals surface area contributed by atoms with Crippen LogP contribution in [0.15, 0.2) is 77.7 Å². The van der Waals surface area contributed by atoms with Gasteiger partial charge in [0.05, 0.1) is 35.0 Å². The van der Waals surface area contributed by atoms with Gasteiger partial charge in [-0.3, -0.25) is 13.9 Å². The quantitative estimate of drug-likeness (QED) is 0.532. The third-order valence-electron chi connectivity index (χ3n) is 5.20. The van der Waals surface area contributed by atoms with Crippen LogP contribution in [0.1, 0.15) is 13.3 Å². The predicted molar refractivity (Wildman–Crippen MR) is 126 cm³/mol. The highest BCUT2D eigenvalue weighted by Crippen LogP contribution is 2.37. The number of ether oxygens (including phenoxy) is 1. The number of hydrogen-bond acceptors (Lipinski definition) is 5. The zero-order valence-electron chi connectivity index (χ0n) is 18.2. The smallest absolute Gasteiger partial charge is 0.265 e. The normalized spacial score (nSPS) is 15.3. The number of para-hydroxylation sites is 4. The van der Waals surface area contributed by atoms with E-state index in [-0.39, 0.29) is 16.3 Å². The molecule has 2 amide bonds. The van der Waals surface area contributed by atoms with Gasteiger partial charge in [-0.1, -0.05) is 24.3 Å². The standard InChI is InChI=1S/C24H22FN3O5S/c1-2-33-22-10-6-4-8-19(22)26-23(29)15-21-24(30)27-18-7-3-5-9-20(18)28(21)34(31,32)17-13-11-16(25)12-14-17/h3-14,21H,2,15H2,1H3,(H,26,29)(H,27,30). The minimum Gasteiger partial charge on any atom is -0.492 e. The zero-order chi connectivity index (χ0) is 24.3. The highest BCUT2D eigenvalue weighted by Gasteiger charge is 2.42. The van der Waals surface area contributed by atoms with Crippen molar-refractivity contribution >= 4 is 38.9 Å². The van der Waals surface area contributed by atoms with Gasteiger partial charge in [-0.2, -0.15) is 0 Å². The average molecular weight is 484 g/mol. The van der Waals surface area contributed by atoms with Crippen LogP contribution in [-0.2, 0) is 19.6 Å². The van der Waals surface area contributed by atoms with E-state index in [1.807, 2.05) is 0 Å². The lowest BCUT2D eigenvalue weighted by atomic mass is 10.1. The van der Waals surface area contributed by atoms with Gasteiger partial charge in [0.25, 0.3) is 10.0 Å². The molecule has 10 heteroatoms. The van der Waals surface area contributed by atoms with Crippen LogP contribution in [0.2, 0.25) is 0 Å². The van der Waals surface area contributed by atoms with Crippen molar-refractivity contribution in [2.24, 2.45) is 0 Å². The van der Waals surface area contributed by atoms with E-state index in [2.05, 4.69) is 10.6 Å².